The number of nitrogens with one attached hydrogen (secondary N) is 1. The van der Waals surface area contributed by atoms with Gasteiger partial charge in [0.25, 0.3) is 0 Å². The Kier molecular flexibility index (Phi) is 6.22. The Bertz CT molecular complexity index is 1320. The third-order valence-electron chi connectivity index (χ3n) is 4.64. The molecule has 0 spiro atoms. The largest absolute Gasteiger partial charge is 0.493 e. The van der Waals surface area contributed by atoms with E-state index in [-0.39, 0.29) is 23.1 Å². The Morgan fingerprint density at radius 3 is 2.69 bits per heavy atom. The molecule has 0 atom stereocenters. The van der Waals surface area contributed by atoms with Gasteiger partial charge in [0.05, 0.1) is 18.1 Å². The first kappa shape index (κ1) is 21.6. The molecule has 2 aromatic heterocycles. The fourth-order valence-electron chi connectivity index (χ4n) is 3.06. The fraction of sp³-hybridized carbons (Fsp3) is 0.227. The normalized spacial score (nSPS) is 15.8. The Morgan fingerprint density at radius 1 is 1.03 bits per heavy atom. The number of aromatic nitrogens is 3. The van der Waals surface area contributed by atoms with Crippen molar-refractivity contribution in [1.29, 1.82) is 0 Å². The third kappa shape index (κ3) is 5.52. The molecular formula is C22H22N4O5S. The minimum atomic E-state index is -3.65. The van der Waals surface area contributed by atoms with Crippen molar-refractivity contribution in [2.75, 3.05) is 17.1 Å². The van der Waals surface area contributed by atoms with Gasteiger partial charge in [-0.2, -0.15) is 9.97 Å². The zero-order chi connectivity index (χ0) is 22.6. The molecule has 3 aromatic rings. The van der Waals surface area contributed by atoms with Crippen LogP contribution in [0.3, 0.4) is 0 Å². The first-order valence-corrected chi connectivity index (χ1v) is 11.7. The van der Waals surface area contributed by atoms with E-state index in [1.807, 2.05) is 18.2 Å². The highest BCUT2D eigenvalue weighted by atomic mass is 32.2. The molecule has 0 aliphatic carbocycles. The highest BCUT2D eigenvalue weighted by Crippen LogP contribution is 2.27. The van der Waals surface area contributed by atoms with E-state index < -0.39 is 10.0 Å². The number of ether oxygens (including phenoxy) is 2. The van der Waals surface area contributed by atoms with E-state index in [0.29, 0.717) is 42.2 Å². The SMILES string of the molecule is Cn1cc(-c2cc3nc(n2)Oc2cccc(c2)OCCC=CCCS(=O)(=O)N3)ccc1=O. The summed E-state index contributed by atoms with van der Waals surface area (Å²) in [6.45, 7) is 0.452. The van der Waals surface area contributed by atoms with Crippen molar-refractivity contribution in [3.05, 3.63) is 71.2 Å². The lowest BCUT2D eigenvalue weighted by Gasteiger charge is -2.12. The average Bonchev–Trinajstić information content (AvgIpc) is 2.74. The Morgan fingerprint density at radius 2 is 1.84 bits per heavy atom. The highest BCUT2D eigenvalue weighted by Gasteiger charge is 2.15. The van der Waals surface area contributed by atoms with Gasteiger partial charge in [0.2, 0.25) is 15.6 Å². The predicted octanol–water partition coefficient (Wildman–Crippen LogP) is 3.11. The van der Waals surface area contributed by atoms with E-state index in [1.165, 1.54) is 16.7 Å². The van der Waals surface area contributed by atoms with Crippen LogP contribution in [0.25, 0.3) is 11.3 Å². The van der Waals surface area contributed by atoms with Gasteiger partial charge in [0, 0.05) is 37.0 Å². The minimum Gasteiger partial charge on any atom is -0.493 e. The van der Waals surface area contributed by atoms with Crippen LogP contribution in [0.1, 0.15) is 12.8 Å². The summed E-state index contributed by atoms with van der Waals surface area (Å²) in [5.74, 6) is 1.05. The maximum Gasteiger partial charge on any atom is 0.324 e. The number of pyridine rings is 1. The number of hydrogen-bond acceptors (Lipinski definition) is 7. The van der Waals surface area contributed by atoms with Gasteiger partial charge in [-0.05, 0) is 31.0 Å². The lowest BCUT2D eigenvalue weighted by molar-refractivity contribution is 0.322. The zero-order valence-corrected chi connectivity index (χ0v) is 18.2. The molecule has 9 nitrogen and oxygen atoms in total. The molecule has 1 aromatic carbocycles. The van der Waals surface area contributed by atoms with Crippen molar-refractivity contribution < 1.29 is 17.9 Å². The second kappa shape index (κ2) is 9.23. The van der Waals surface area contributed by atoms with Crippen molar-refractivity contribution in [1.82, 2.24) is 14.5 Å². The number of sulfonamides is 1. The van der Waals surface area contributed by atoms with Crippen LogP contribution < -0.4 is 19.8 Å². The number of rotatable bonds is 1. The van der Waals surface area contributed by atoms with Crippen LogP contribution >= 0.6 is 0 Å². The van der Waals surface area contributed by atoms with Crippen LogP contribution in [0.5, 0.6) is 17.5 Å². The van der Waals surface area contributed by atoms with E-state index >= 15 is 0 Å². The van der Waals surface area contributed by atoms with Gasteiger partial charge in [-0.3, -0.25) is 9.52 Å². The fourth-order valence-corrected chi connectivity index (χ4v) is 4.04. The second-order valence-electron chi connectivity index (χ2n) is 7.18. The maximum absolute atomic E-state index is 12.5. The van der Waals surface area contributed by atoms with Crippen molar-refractivity contribution in [3.63, 3.8) is 0 Å². The van der Waals surface area contributed by atoms with E-state index in [1.54, 1.807) is 37.5 Å². The van der Waals surface area contributed by atoms with E-state index in [9.17, 15) is 13.2 Å². The second-order valence-corrected chi connectivity index (χ2v) is 9.02. The molecule has 10 heteroatoms. The quantitative estimate of drug-likeness (QED) is 0.562. The van der Waals surface area contributed by atoms with E-state index in [0.717, 1.165) is 0 Å². The number of hydrogen-bond donors (Lipinski definition) is 1. The molecule has 0 fully saturated rings. The van der Waals surface area contributed by atoms with Crippen molar-refractivity contribution in [2.45, 2.75) is 12.8 Å². The van der Waals surface area contributed by atoms with Gasteiger partial charge >= 0.3 is 6.01 Å². The van der Waals surface area contributed by atoms with Crippen LogP contribution in [0.15, 0.2) is 65.6 Å². The smallest absolute Gasteiger partial charge is 0.324 e. The lowest BCUT2D eigenvalue weighted by Crippen LogP contribution is -2.18. The number of anilines is 1. The number of allylic oxidation sites excluding steroid dienone is 1. The van der Waals surface area contributed by atoms with Crippen LogP contribution in [0.2, 0.25) is 0 Å². The monoisotopic (exact) mass is 454 g/mol. The molecule has 0 amide bonds. The van der Waals surface area contributed by atoms with Crippen molar-refractivity contribution in [2.24, 2.45) is 7.05 Å². The van der Waals surface area contributed by atoms with Gasteiger partial charge < -0.3 is 14.0 Å². The molecule has 0 saturated heterocycles. The molecule has 32 heavy (non-hydrogen) atoms. The average molecular weight is 455 g/mol. The molecule has 4 bridgehead atoms. The van der Waals surface area contributed by atoms with Gasteiger partial charge in [-0.25, -0.2) is 8.42 Å². The lowest BCUT2D eigenvalue weighted by atomic mass is 10.2. The summed E-state index contributed by atoms with van der Waals surface area (Å²) in [6.07, 6.45) is 6.33. The summed E-state index contributed by atoms with van der Waals surface area (Å²) >= 11 is 0. The molecule has 1 aliphatic heterocycles. The molecule has 0 saturated carbocycles. The number of nitrogens with zero attached hydrogens (tertiary/aromatic N) is 3. The molecule has 3 heterocycles. The van der Waals surface area contributed by atoms with Crippen LogP contribution in [0, 0.1) is 0 Å². The summed E-state index contributed by atoms with van der Waals surface area (Å²) in [7, 11) is -2.02. The Labute approximate surface area is 185 Å². The summed E-state index contributed by atoms with van der Waals surface area (Å²) in [5, 5.41) is 0. The zero-order valence-electron chi connectivity index (χ0n) is 17.4. The van der Waals surface area contributed by atoms with Crippen molar-refractivity contribution in [3.8, 4) is 28.8 Å². The standard InChI is InChI=1S/C22H22N4O5S/c1-26-15-16(9-10-21(26)27)19-14-20-24-22(23-19)31-18-8-6-7-17(13-18)30-11-4-2-3-5-12-32(28,29)25-20/h2-3,6-10,13-15H,4-5,11-12H2,1H3,(H,23,24,25). The van der Waals surface area contributed by atoms with Gasteiger partial charge in [0.1, 0.15) is 17.3 Å². The molecule has 1 N–H and O–H groups in total. The van der Waals surface area contributed by atoms with Gasteiger partial charge in [-0.15, -0.1) is 0 Å². The predicted molar refractivity (Wildman–Crippen MR) is 121 cm³/mol. The molecule has 0 radical (unpaired) electrons. The Balaban J connectivity index is 1.78. The first-order chi connectivity index (χ1) is 15.4. The van der Waals surface area contributed by atoms with Gasteiger partial charge in [0.15, 0.2) is 0 Å². The number of benzene rings is 1. The highest BCUT2D eigenvalue weighted by molar-refractivity contribution is 7.92. The summed E-state index contributed by atoms with van der Waals surface area (Å²) in [6, 6.07) is 11.5. The van der Waals surface area contributed by atoms with E-state index in [2.05, 4.69) is 14.7 Å². The number of aryl methyl sites for hydroxylation is 1. The van der Waals surface area contributed by atoms with Crippen molar-refractivity contribution >= 4 is 15.8 Å². The summed E-state index contributed by atoms with van der Waals surface area (Å²) in [5.41, 5.74) is 0.831. The molecule has 4 rings (SSSR count). The molecule has 0 unspecified atom stereocenters. The molecule has 1 aliphatic rings. The number of fused-ring (bicyclic) bond motifs is 4. The summed E-state index contributed by atoms with van der Waals surface area (Å²) < 4.78 is 40.5. The van der Waals surface area contributed by atoms with E-state index in [4.69, 9.17) is 9.47 Å². The van der Waals surface area contributed by atoms with Crippen LogP contribution in [0.4, 0.5) is 5.82 Å². The van der Waals surface area contributed by atoms with Crippen LogP contribution in [-0.2, 0) is 17.1 Å². The Hall–Kier alpha value is -3.66. The molecule has 166 valence electrons. The maximum atomic E-state index is 12.5. The van der Waals surface area contributed by atoms with Crippen LogP contribution in [-0.4, -0.2) is 35.3 Å². The third-order valence-corrected chi connectivity index (χ3v) is 5.93. The minimum absolute atomic E-state index is 0.0433. The molecular weight excluding hydrogens is 432 g/mol. The summed E-state index contributed by atoms with van der Waals surface area (Å²) in [4.78, 5) is 20.4. The van der Waals surface area contributed by atoms with Gasteiger partial charge in [-0.1, -0.05) is 18.2 Å². The topological polar surface area (TPSA) is 112 Å². The first-order valence-electron chi connectivity index (χ1n) is 10.0.